The van der Waals surface area contributed by atoms with E-state index < -0.39 is 0 Å². The SMILES string of the molecule is S=c1[nH]nc(-c2ccncc2)n1NCC=Cc1ccc(Cl)cc1. The number of hydrogen-bond acceptors (Lipinski definition) is 4. The van der Waals surface area contributed by atoms with Gasteiger partial charge in [0.05, 0.1) is 0 Å². The van der Waals surface area contributed by atoms with E-state index in [1.165, 1.54) is 0 Å². The van der Waals surface area contributed by atoms with Crippen LogP contribution in [-0.2, 0) is 0 Å². The van der Waals surface area contributed by atoms with Crippen LogP contribution in [0.2, 0.25) is 5.02 Å². The van der Waals surface area contributed by atoms with Crippen LogP contribution in [0.5, 0.6) is 0 Å². The van der Waals surface area contributed by atoms with Gasteiger partial charge in [-0.15, -0.1) is 0 Å². The summed E-state index contributed by atoms with van der Waals surface area (Å²) in [6.07, 6.45) is 7.46. The number of rotatable bonds is 5. The molecular formula is C16H14ClN5S. The minimum atomic E-state index is 0.511. The lowest BCUT2D eigenvalue weighted by atomic mass is 10.2. The number of aromatic amines is 1. The molecule has 0 saturated carbocycles. The minimum absolute atomic E-state index is 0.511. The highest BCUT2D eigenvalue weighted by atomic mass is 35.5. The van der Waals surface area contributed by atoms with Crippen molar-refractivity contribution in [3.05, 3.63) is 70.2 Å². The van der Waals surface area contributed by atoms with Crippen LogP contribution < -0.4 is 5.43 Å². The van der Waals surface area contributed by atoms with Crippen molar-refractivity contribution >= 4 is 29.9 Å². The fourth-order valence-corrected chi connectivity index (χ4v) is 2.37. The Balaban J connectivity index is 1.70. The molecule has 2 heterocycles. The van der Waals surface area contributed by atoms with Gasteiger partial charge in [-0.25, -0.2) is 9.77 Å². The third kappa shape index (κ3) is 3.85. The Morgan fingerprint density at radius 2 is 1.91 bits per heavy atom. The Kier molecular flexibility index (Phi) is 4.85. The molecule has 0 bridgehead atoms. The van der Waals surface area contributed by atoms with Crippen molar-refractivity contribution in [2.24, 2.45) is 0 Å². The monoisotopic (exact) mass is 343 g/mol. The summed E-state index contributed by atoms with van der Waals surface area (Å²) in [7, 11) is 0. The van der Waals surface area contributed by atoms with E-state index in [9.17, 15) is 0 Å². The summed E-state index contributed by atoms with van der Waals surface area (Å²) in [6, 6.07) is 11.4. The maximum Gasteiger partial charge on any atom is 0.214 e. The highest BCUT2D eigenvalue weighted by Crippen LogP contribution is 2.14. The Bertz CT molecular complexity index is 852. The first-order chi connectivity index (χ1) is 11.2. The van der Waals surface area contributed by atoms with Crippen LogP contribution in [0.25, 0.3) is 17.5 Å². The highest BCUT2D eigenvalue weighted by Gasteiger charge is 2.07. The molecule has 23 heavy (non-hydrogen) atoms. The Labute approximate surface area is 143 Å². The summed E-state index contributed by atoms with van der Waals surface area (Å²) < 4.78 is 2.26. The van der Waals surface area contributed by atoms with Crippen molar-refractivity contribution in [3.8, 4) is 11.4 Å². The van der Waals surface area contributed by atoms with E-state index in [0.717, 1.165) is 22.0 Å². The zero-order valence-electron chi connectivity index (χ0n) is 12.1. The van der Waals surface area contributed by atoms with Gasteiger partial charge in [-0.05, 0) is 42.0 Å². The molecule has 2 aromatic heterocycles. The lowest BCUT2D eigenvalue weighted by Crippen LogP contribution is -2.16. The fourth-order valence-electron chi connectivity index (χ4n) is 2.05. The summed E-state index contributed by atoms with van der Waals surface area (Å²) in [6.45, 7) is 0.606. The zero-order chi connectivity index (χ0) is 16.1. The van der Waals surface area contributed by atoms with Crippen LogP contribution in [0, 0.1) is 4.77 Å². The average Bonchev–Trinajstić information content (AvgIpc) is 2.95. The van der Waals surface area contributed by atoms with Gasteiger partial charge in [0, 0.05) is 29.5 Å². The van der Waals surface area contributed by atoms with Crippen molar-refractivity contribution in [2.45, 2.75) is 0 Å². The molecule has 1 aromatic carbocycles. The molecule has 0 aliphatic carbocycles. The first-order valence-electron chi connectivity index (χ1n) is 6.98. The van der Waals surface area contributed by atoms with Crippen LogP contribution in [-0.4, -0.2) is 26.4 Å². The lowest BCUT2D eigenvalue weighted by molar-refractivity contribution is 0.879. The molecule has 7 heteroatoms. The smallest absolute Gasteiger partial charge is 0.214 e. The van der Waals surface area contributed by atoms with Gasteiger partial charge in [-0.1, -0.05) is 35.9 Å². The summed E-state index contributed by atoms with van der Waals surface area (Å²) in [5.74, 6) is 0.720. The molecule has 3 rings (SSSR count). The van der Waals surface area contributed by atoms with E-state index in [2.05, 4.69) is 20.6 Å². The molecule has 0 radical (unpaired) electrons. The number of aromatic nitrogens is 4. The summed E-state index contributed by atoms with van der Waals surface area (Å²) in [5, 5.41) is 7.77. The second-order valence-corrected chi connectivity index (χ2v) is 5.56. The topological polar surface area (TPSA) is 58.5 Å². The average molecular weight is 344 g/mol. The second-order valence-electron chi connectivity index (χ2n) is 4.74. The van der Waals surface area contributed by atoms with E-state index in [0.29, 0.717) is 11.3 Å². The van der Waals surface area contributed by atoms with Crippen LogP contribution >= 0.6 is 23.8 Å². The van der Waals surface area contributed by atoms with Gasteiger partial charge in [0.25, 0.3) is 0 Å². The number of halogens is 1. The molecule has 0 aliphatic heterocycles. The van der Waals surface area contributed by atoms with E-state index >= 15 is 0 Å². The maximum absolute atomic E-state index is 5.87. The van der Waals surface area contributed by atoms with Gasteiger partial charge in [-0.3, -0.25) is 4.98 Å². The molecule has 116 valence electrons. The molecule has 3 aromatic rings. The van der Waals surface area contributed by atoms with Crippen molar-refractivity contribution in [2.75, 3.05) is 12.0 Å². The third-order valence-corrected chi connectivity index (χ3v) is 3.68. The normalized spacial score (nSPS) is 11.0. The van der Waals surface area contributed by atoms with Crippen LogP contribution in [0.1, 0.15) is 5.56 Å². The van der Waals surface area contributed by atoms with Crippen molar-refractivity contribution in [1.82, 2.24) is 19.9 Å². The number of benzene rings is 1. The maximum atomic E-state index is 5.87. The van der Waals surface area contributed by atoms with E-state index in [1.54, 1.807) is 17.1 Å². The van der Waals surface area contributed by atoms with Crippen LogP contribution in [0.4, 0.5) is 0 Å². The Hall–Kier alpha value is -2.44. The lowest BCUT2D eigenvalue weighted by Gasteiger charge is -2.07. The number of nitrogens with zero attached hydrogens (tertiary/aromatic N) is 3. The Morgan fingerprint density at radius 1 is 1.17 bits per heavy atom. The van der Waals surface area contributed by atoms with Gasteiger partial charge in [0.1, 0.15) is 0 Å². The number of pyridine rings is 1. The predicted octanol–water partition coefficient (Wildman–Crippen LogP) is 3.91. The molecule has 0 unspecified atom stereocenters. The van der Waals surface area contributed by atoms with Crippen LogP contribution in [0.15, 0.2) is 54.9 Å². The third-order valence-electron chi connectivity index (χ3n) is 3.16. The molecular weight excluding hydrogens is 330 g/mol. The molecule has 0 atom stereocenters. The van der Waals surface area contributed by atoms with Crippen LogP contribution in [0.3, 0.4) is 0 Å². The van der Waals surface area contributed by atoms with Crippen molar-refractivity contribution in [3.63, 3.8) is 0 Å². The van der Waals surface area contributed by atoms with E-state index in [1.807, 2.05) is 48.6 Å². The summed E-state index contributed by atoms with van der Waals surface area (Å²) >= 11 is 11.1. The Morgan fingerprint density at radius 3 is 2.65 bits per heavy atom. The number of H-pyrrole nitrogens is 1. The molecule has 0 fully saturated rings. The second kappa shape index (κ2) is 7.21. The summed E-state index contributed by atoms with van der Waals surface area (Å²) in [5.41, 5.74) is 5.24. The molecule has 0 saturated heterocycles. The minimum Gasteiger partial charge on any atom is -0.318 e. The molecule has 5 nitrogen and oxygen atoms in total. The van der Waals surface area contributed by atoms with Crippen molar-refractivity contribution < 1.29 is 0 Å². The zero-order valence-corrected chi connectivity index (χ0v) is 13.7. The fraction of sp³-hybridized carbons (Fsp3) is 0.0625. The molecule has 0 spiro atoms. The first-order valence-corrected chi connectivity index (χ1v) is 7.76. The van der Waals surface area contributed by atoms with Crippen molar-refractivity contribution in [1.29, 1.82) is 0 Å². The summed E-state index contributed by atoms with van der Waals surface area (Å²) in [4.78, 5) is 4.01. The van der Waals surface area contributed by atoms with Gasteiger partial charge < -0.3 is 5.43 Å². The highest BCUT2D eigenvalue weighted by molar-refractivity contribution is 7.71. The van der Waals surface area contributed by atoms with Gasteiger partial charge in [0.2, 0.25) is 4.77 Å². The van der Waals surface area contributed by atoms with Gasteiger partial charge >= 0.3 is 0 Å². The first kappa shape index (κ1) is 15.5. The number of hydrogen-bond donors (Lipinski definition) is 2. The standard InChI is InChI=1S/C16H14ClN5S/c17-14-5-3-12(4-6-14)2-1-9-19-22-15(20-21-16(22)23)13-7-10-18-11-8-13/h1-8,10-11,19H,9H2,(H,21,23). The van der Waals surface area contributed by atoms with Gasteiger partial charge in [-0.2, -0.15) is 5.10 Å². The quantitative estimate of drug-likeness (QED) is 0.689. The number of nitrogens with one attached hydrogen (secondary N) is 2. The molecule has 0 aliphatic rings. The predicted molar refractivity (Wildman–Crippen MR) is 95.4 cm³/mol. The molecule has 2 N–H and O–H groups in total. The molecule has 0 amide bonds. The van der Waals surface area contributed by atoms with E-state index in [-0.39, 0.29) is 0 Å². The van der Waals surface area contributed by atoms with E-state index in [4.69, 9.17) is 23.8 Å². The largest absolute Gasteiger partial charge is 0.318 e. The van der Waals surface area contributed by atoms with Gasteiger partial charge in [0.15, 0.2) is 5.82 Å².